The Bertz CT molecular complexity index is 456. The lowest BCUT2D eigenvalue weighted by molar-refractivity contribution is 0.556. The lowest BCUT2D eigenvalue weighted by Crippen LogP contribution is -2.31. The van der Waals surface area contributed by atoms with Crippen LogP contribution in [0.2, 0.25) is 0 Å². The van der Waals surface area contributed by atoms with Crippen molar-refractivity contribution < 1.29 is 8.42 Å². The molecule has 92 valence electrons. The van der Waals surface area contributed by atoms with Crippen LogP contribution >= 0.6 is 27.3 Å². The topological polar surface area (TPSA) is 72.2 Å². The van der Waals surface area contributed by atoms with E-state index in [0.29, 0.717) is 10.3 Å². The van der Waals surface area contributed by atoms with Crippen molar-refractivity contribution in [1.82, 2.24) is 4.72 Å². The Morgan fingerprint density at radius 1 is 1.62 bits per heavy atom. The molecular formula is C9H15BrN2O2S2. The summed E-state index contributed by atoms with van der Waals surface area (Å²) >= 11 is 4.60. The van der Waals surface area contributed by atoms with Crippen LogP contribution in [0.25, 0.3) is 0 Å². The zero-order chi connectivity index (χ0) is 12.3. The van der Waals surface area contributed by atoms with Gasteiger partial charge in [0.15, 0.2) is 0 Å². The van der Waals surface area contributed by atoms with E-state index >= 15 is 0 Å². The van der Waals surface area contributed by atoms with E-state index < -0.39 is 10.0 Å². The van der Waals surface area contributed by atoms with Crippen LogP contribution in [0.15, 0.2) is 14.7 Å². The Kier molecular flexibility index (Phi) is 4.93. The molecule has 7 heteroatoms. The predicted molar refractivity (Wildman–Crippen MR) is 70.0 cm³/mol. The minimum Gasteiger partial charge on any atom is -0.326 e. The summed E-state index contributed by atoms with van der Waals surface area (Å²) in [6.07, 6.45) is 0.755. The van der Waals surface area contributed by atoms with Crippen molar-refractivity contribution in [1.29, 1.82) is 0 Å². The second-order valence-corrected chi connectivity index (χ2v) is 7.62. The molecule has 1 heterocycles. The normalized spacial score (nSPS) is 14.0. The van der Waals surface area contributed by atoms with E-state index in [-0.39, 0.29) is 10.9 Å². The molecule has 1 atom stereocenters. The van der Waals surface area contributed by atoms with Gasteiger partial charge in [-0.25, -0.2) is 13.1 Å². The quantitative estimate of drug-likeness (QED) is 0.869. The summed E-state index contributed by atoms with van der Waals surface area (Å²) < 4.78 is 27.2. The van der Waals surface area contributed by atoms with Gasteiger partial charge in [0.05, 0.1) is 3.79 Å². The Hall–Kier alpha value is 0.0500. The standard InChI is InChI=1S/C9H15BrN2O2S2/c1-3-6(2)12-16(13,14)8-4-7(5-11)15-9(8)10/h4,6,12H,3,5,11H2,1-2H3. The Balaban J connectivity index is 3.02. The van der Waals surface area contributed by atoms with E-state index in [1.807, 2.05) is 13.8 Å². The van der Waals surface area contributed by atoms with Crippen molar-refractivity contribution in [3.63, 3.8) is 0 Å². The first-order chi connectivity index (χ1) is 7.40. The van der Waals surface area contributed by atoms with Crippen molar-refractivity contribution in [2.45, 2.75) is 37.8 Å². The molecule has 0 aliphatic heterocycles. The van der Waals surface area contributed by atoms with E-state index in [1.54, 1.807) is 6.07 Å². The number of sulfonamides is 1. The predicted octanol–water partition coefficient (Wildman–Crippen LogP) is 2.05. The van der Waals surface area contributed by atoms with Crippen LogP contribution in [-0.2, 0) is 16.6 Å². The van der Waals surface area contributed by atoms with E-state index in [1.165, 1.54) is 11.3 Å². The van der Waals surface area contributed by atoms with Crippen molar-refractivity contribution in [3.05, 3.63) is 14.7 Å². The molecule has 1 rings (SSSR count). The average Bonchev–Trinajstić information content (AvgIpc) is 2.59. The van der Waals surface area contributed by atoms with Crippen LogP contribution < -0.4 is 10.5 Å². The third kappa shape index (κ3) is 3.27. The summed E-state index contributed by atoms with van der Waals surface area (Å²) in [6, 6.07) is 1.54. The zero-order valence-corrected chi connectivity index (χ0v) is 12.4. The fraction of sp³-hybridized carbons (Fsp3) is 0.556. The molecule has 0 saturated heterocycles. The minimum atomic E-state index is -3.43. The molecule has 0 aliphatic carbocycles. The fourth-order valence-electron chi connectivity index (χ4n) is 1.09. The number of nitrogens with two attached hydrogens (primary N) is 1. The van der Waals surface area contributed by atoms with Gasteiger partial charge in [-0.15, -0.1) is 11.3 Å². The highest BCUT2D eigenvalue weighted by Gasteiger charge is 2.21. The summed E-state index contributed by atoms with van der Waals surface area (Å²) in [5.74, 6) is 0. The molecule has 16 heavy (non-hydrogen) atoms. The second-order valence-electron chi connectivity index (χ2n) is 3.49. The van der Waals surface area contributed by atoms with Gasteiger partial charge in [-0.3, -0.25) is 0 Å². The van der Waals surface area contributed by atoms with Crippen LogP contribution in [-0.4, -0.2) is 14.5 Å². The molecule has 1 aromatic rings. The monoisotopic (exact) mass is 326 g/mol. The van der Waals surface area contributed by atoms with E-state index in [0.717, 1.165) is 11.3 Å². The maximum Gasteiger partial charge on any atom is 0.242 e. The van der Waals surface area contributed by atoms with Crippen molar-refractivity contribution in [2.24, 2.45) is 5.73 Å². The van der Waals surface area contributed by atoms with Gasteiger partial charge in [0.2, 0.25) is 10.0 Å². The molecule has 4 nitrogen and oxygen atoms in total. The highest BCUT2D eigenvalue weighted by atomic mass is 79.9. The van der Waals surface area contributed by atoms with Gasteiger partial charge in [0.1, 0.15) is 4.90 Å². The maximum absolute atomic E-state index is 12.0. The summed E-state index contributed by atoms with van der Waals surface area (Å²) in [5, 5.41) is 0. The molecule has 0 saturated carbocycles. The molecule has 0 fully saturated rings. The lowest BCUT2D eigenvalue weighted by Gasteiger charge is -2.11. The molecule has 0 spiro atoms. The molecule has 0 amide bonds. The van der Waals surface area contributed by atoms with Gasteiger partial charge < -0.3 is 5.73 Å². The summed E-state index contributed by atoms with van der Waals surface area (Å²) in [5.41, 5.74) is 5.48. The fourth-order valence-corrected chi connectivity index (χ4v) is 4.98. The molecule has 0 aliphatic rings. The Morgan fingerprint density at radius 2 is 2.25 bits per heavy atom. The molecular weight excluding hydrogens is 312 g/mol. The highest BCUT2D eigenvalue weighted by Crippen LogP contribution is 2.31. The first kappa shape index (κ1) is 14.1. The number of rotatable bonds is 5. The van der Waals surface area contributed by atoms with Crippen LogP contribution in [0, 0.1) is 0 Å². The van der Waals surface area contributed by atoms with Crippen LogP contribution in [0.4, 0.5) is 0 Å². The molecule has 1 aromatic heterocycles. The second kappa shape index (κ2) is 5.59. The largest absolute Gasteiger partial charge is 0.326 e. The van der Waals surface area contributed by atoms with Crippen molar-refractivity contribution >= 4 is 37.3 Å². The van der Waals surface area contributed by atoms with Gasteiger partial charge in [0.25, 0.3) is 0 Å². The third-order valence-electron chi connectivity index (χ3n) is 2.17. The third-order valence-corrected chi connectivity index (χ3v) is 6.03. The van der Waals surface area contributed by atoms with Gasteiger partial charge in [-0.2, -0.15) is 0 Å². The lowest BCUT2D eigenvalue weighted by atomic mass is 10.3. The SMILES string of the molecule is CCC(C)NS(=O)(=O)c1cc(CN)sc1Br. The minimum absolute atomic E-state index is 0.0712. The average molecular weight is 327 g/mol. The summed E-state index contributed by atoms with van der Waals surface area (Å²) in [4.78, 5) is 1.12. The number of hydrogen-bond acceptors (Lipinski definition) is 4. The molecule has 0 radical (unpaired) electrons. The van der Waals surface area contributed by atoms with Gasteiger partial charge in [-0.05, 0) is 35.3 Å². The van der Waals surface area contributed by atoms with Crippen LogP contribution in [0.5, 0.6) is 0 Å². The maximum atomic E-state index is 12.0. The van der Waals surface area contributed by atoms with Crippen molar-refractivity contribution in [3.8, 4) is 0 Å². The molecule has 3 N–H and O–H groups in total. The molecule has 1 unspecified atom stereocenters. The molecule has 0 bridgehead atoms. The van der Waals surface area contributed by atoms with Crippen molar-refractivity contribution in [2.75, 3.05) is 0 Å². The Labute approximate surface area is 108 Å². The van der Waals surface area contributed by atoms with Crippen LogP contribution in [0.3, 0.4) is 0 Å². The number of hydrogen-bond donors (Lipinski definition) is 2. The summed E-state index contributed by atoms with van der Waals surface area (Å²) in [6.45, 7) is 4.12. The van der Waals surface area contributed by atoms with E-state index in [4.69, 9.17) is 5.73 Å². The summed E-state index contributed by atoms with van der Waals surface area (Å²) in [7, 11) is -3.43. The number of halogens is 1. The van der Waals surface area contributed by atoms with Crippen LogP contribution in [0.1, 0.15) is 25.1 Å². The molecule has 0 aromatic carbocycles. The first-order valence-corrected chi connectivity index (χ1v) is 8.00. The van der Waals surface area contributed by atoms with Gasteiger partial charge in [0, 0.05) is 17.5 Å². The smallest absolute Gasteiger partial charge is 0.242 e. The Morgan fingerprint density at radius 3 is 2.69 bits per heavy atom. The van der Waals surface area contributed by atoms with Gasteiger partial charge in [-0.1, -0.05) is 6.92 Å². The number of nitrogens with one attached hydrogen (secondary N) is 1. The van der Waals surface area contributed by atoms with Gasteiger partial charge >= 0.3 is 0 Å². The first-order valence-electron chi connectivity index (χ1n) is 4.91. The van der Waals surface area contributed by atoms with E-state index in [9.17, 15) is 8.42 Å². The van der Waals surface area contributed by atoms with E-state index in [2.05, 4.69) is 20.7 Å². The number of thiophene rings is 1. The zero-order valence-electron chi connectivity index (χ0n) is 9.16. The highest BCUT2D eigenvalue weighted by molar-refractivity contribution is 9.11.